The van der Waals surface area contributed by atoms with E-state index < -0.39 is 0 Å². The second-order valence-electron chi connectivity index (χ2n) is 4.84. The van der Waals surface area contributed by atoms with Crippen molar-refractivity contribution in [2.24, 2.45) is 0 Å². The van der Waals surface area contributed by atoms with Gasteiger partial charge in [-0.2, -0.15) is 0 Å². The highest BCUT2D eigenvalue weighted by Gasteiger charge is 2.38. The van der Waals surface area contributed by atoms with Crippen LogP contribution in [0.3, 0.4) is 0 Å². The Morgan fingerprint density at radius 1 is 1.29 bits per heavy atom. The number of fused-ring (bicyclic) bond motifs is 5. The monoisotopic (exact) mass is 242 g/mol. The van der Waals surface area contributed by atoms with Crippen LogP contribution in [0.15, 0.2) is 36.2 Å². The molecule has 2 aliphatic rings. The molecule has 0 saturated carbocycles. The Hall–Kier alpha value is -1.48. The van der Waals surface area contributed by atoms with Crippen LogP contribution in [0.2, 0.25) is 0 Å². The van der Waals surface area contributed by atoms with Crippen LogP contribution in [0, 0.1) is 0 Å². The fourth-order valence-electron chi connectivity index (χ4n) is 2.92. The first-order valence-electron chi connectivity index (χ1n) is 5.96. The van der Waals surface area contributed by atoms with Crippen molar-refractivity contribution in [1.29, 1.82) is 0 Å². The number of likely N-dealkylation sites (N-methyl/N-ethyl adjacent to an activating group) is 1. The van der Waals surface area contributed by atoms with Crippen molar-refractivity contribution < 1.29 is 0 Å². The maximum atomic E-state index is 2.45. The maximum absolute atomic E-state index is 2.45. The number of hydrogen-bond donors (Lipinski definition) is 0. The molecular formula is C14H14N2S. The molecule has 0 radical (unpaired) electrons. The van der Waals surface area contributed by atoms with E-state index in [1.54, 1.807) is 0 Å². The van der Waals surface area contributed by atoms with E-state index in [0.29, 0.717) is 6.17 Å². The number of nitrogens with zero attached hydrogens (tertiary/aromatic N) is 2. The Kier molecular flexibility index (Phi) is 1.71. The average Bonchev–Trinajstić information content (AvgIpc) is 2.92. The van der Waals surface area contributed by atoms with Crippen molar-refractivity contribution in [3.05, 3.63) is 41.0 Å². The van der Waals surface area contributed by atoms with Gasteiger partial charge in [0.25, 0.3) is 0 Å². The molecule has 2 nitrogen and oxygen atoms in total. The molecule has 4 rings (SSSR count). The van der Waals surface area contributed by atoms with E-state index in [4.69, 9.17) is 0 Å². The smallest absolute Gasteiger partial charge is 0.110 e. The largest absolute Gasteiger partial charge is 0.356 e. The molecule has 0 spiro atoms. The van der Waals surface area contributed by atoms with Gasteiger partial charge in [-0.15, -0.1) is 11.3 Å². The summed E-state index contributed by atoms with van der Waals surface area (Å²) in [7, 11) is 2.19. The summed E-state index contributed by atoms with van der Waals surface area (Å²) in [4.78, 5) is 6.36. The van der Waals surface area contributed by atoms with E-state index in [1.165, 1.54) is 26.3 Å². The molecule has 0 N–H and O–H groups in total. The molecule has 0 bridgehead atoms. The lowest BCUT2D eigenvalue weighted by molar-refractivity contribution is 0.345. The number of thiophene rings is 1. The highest BCUT2D eigenvalue weighted by Crippen LogP contribution is 2.47. The van der Waals surface area contributed by atoms with Gasteiger partial charge in [0.2, 0.25) is 0 Å². The molecular weight excluding hydrogens is 228 g/mol. The average molecular weight is 242 g/mol. The molecule has 1 atom stereocenters. The Morgan fingerprint density at radius 2 is 2.12 bits per heavy atom. The zero-order valence-electron chi connectivity index (χ0n) is 9.97. The van der Waals surface area contributed by atoms with Crippen molar-refractivity contribution in [3.8, 4) is 0 Å². The third kappa shape index (κ3) is 1.10. The van der Waals surface area contributed by atoms with Crippen LogP contribution in [-0.4, -0.2) is 18.1 Å². The van der Waals surface area contributed by atoms with Crippen molar-refractivity contribution in [1.82, 2.24) is 4.90 Å². The topological polar surface area (TPSA) is 6.48 Å². The van der Waals surface area contributed by atoms with E-state index in [1.807, 2.05) is 11.3 Å². The summed E-state index contributed by atoms with van der Waals surface area (Å²) < 4.78 is 1.41. The Labute approximate surface area is 105 Å². The SMILES string of the molecule is CC1=CN2c3c(sc4ccccc34)CC2N1C. The number of anilines is 1. The maximum Gasteiger partial charge on any atom is 0.110 e. The van der Waals surface area contributed by atoms with Gasteiger partial charge in [-0.25, -0.2) is 0 Å². The zero-order valence-corrected chi connectivity index (χ0v) is 10.8. The van der Waals surface area contributed by atoms with Crippen LogP contribution in [0.25, 0.3) is 10.1 Å². The standard InChI is InChI=1S/C14H14N2S/c1-9-8-16-13(15(9)2)7-12-14(16)10-5-3-4-6-11(10)17-12/h3-6,8,13H,7H2,1-2H3. The van der Waals surface area contributed by atoms with Crippen LogP contribution in [0.4, 0.5) is 5.69 Å². The molecule has 17 heavy (non-hydrogen) atoms. The second-order valence-corrected chi connectivity index (χ2v) is 5.98. The number of allylic oxidation sites excluding steroid dienone is 1. The van der Waals surface area contributed by atoms with Crippen LogP contribution in [-0.2, 0) is 6.42 Å². The highest BCUT2D eigenvalue weighted by atomic mass is 32.1. The van der Waals surface area contributed by atoms with Crippen molar-refractivity contribution in [3.63, 3.8) is 0 Å². The summed E-state index contributed by atoms with van der Waals surface area (Å²) in [6.07, 6.45) is 3.95. The van der Waals surface area contributed by atoms with Gasteiger partial charge in [0.1, 0.15) is 6.17 Å². The van der Waals surface area contributed by atoms with Gasteiger partial charge in [-0.3, -0.25) is 0 Å². The molecule has 1 aromatic carbocycles. The van der Waals surface area contributed by atoms with Gasteiger partial charge >= 0.3 is 0 Å². The van der Waals surface area contributed by atoms with E-state index >= 15 is 0 Å². The summed E-state index contributed by atoms with van der Waals surface area (Å²) in [5.41, 5.74) is 2.80. The third-order valence-electron chi connectivity index (χ3n) is 3.92. The van der Waals surface area contributed by atoms with Crippen LogP contribution in [0.5, 0.6) is 0 Å². The van der Waals surface area contributed by atoms with E-state index in [2.05, 4.69) is 54.2 Å². The van der Waals surface area contributed by atoms with Crippen LogP contribution < -0.4 is 4.90 Å². The van der Waals surface area contributed by atoms with E-state index in [-0.39, 0.29) is 0 Å². The minimum atomic E-state index is 0.515. The van der Waals surface area contributed by atoms with Gasteiger partial charge in [-0.1, -0.05) is 18.2 Å². The van der Waals surface area contributed by atoms with Gasteiger partial charge in [0, 0.05) is 40.3 Å². The van der Waals surface area contributed by atoms with Gasteiger partial charge < -0.3 is 9.80 Å². The van der Waals surface area contributed by atoms with Crippen molar-refractivity contribution >= 4 is 27.1 Å². The summed E-state index contributed by atoms with van der Waals surface area (Å²) in [6, 6.07) is 8.74. The molecule has 86 valence electrons. The predicted molar refractivity (Wildman–Crippen MR) is 73.3 cm³/mol. The van der Waals surface area contributed by atoms with Crippen LogP contribution >= 0.6 is 11.3 Å². The predicted octanol–water partition coefficient (Wildman–Crippen LogP) is 3.40. The lowest BCUT2D eigenvalue weighted by atomic mass is 10.2. The fraction of sp³-hybridized carbons (Fsp3) is 0.286. The summed E-state index contributed by atoms with van der Waals surface area (Å²) >= 11 is 1.95. The molecule has 1 unspecified atom stereocenters. The van der Waals surface area contributed by atoms with Crippen molar-refractivity contribution in [2.45, 2.75) is 19.5 Å². The first-order valence-corrected chi connectivity index (χ1v) is 6.77. The molecule has 2 aromatic rings. The molecule has 0 fully saturated rings. The molecule has 0 saturated heterocycles. The third-order valence-corrected chi connectivity index (χ3v) is 5.10. The fourth-order valence-corrected chi connectivity index (χ4v) is 4.15. The zero-order chi connectivity index (χ0) is 11.6. The Bertz CT molecular complexity index is 641. The lowest BCUT2D eigenvalue weighted by Crippen LogP contribution is -2.34. The quantitative estimate of drug-likeness (QED) is 0.698. The number of hydrogen-bond acceptors (Lipinski definition) is 3. The summed E-state index contributed by atoms with van der Waals surface area (Å²) in [5, 5.41) is 1.41. The Morgan fingerprint density at radius 3 is 3.00 bits per heavy atom. The highest BCUT2D eigenvalue weighted by molar-refractivity contribution is 7.19. The van der Waals surface area contributed by atoms with E-state index in [9.17, 15) is 0 Å². The molecule has 3 heterocycles. The number of rotatable bonds is 0. The Balaban J connectivity index is 1.96. The normalized spacial score (nSPS) is 22.0. The van der Waals surface area contributed by atoms with Gasteiger partial charge in [-0.05, 0) is 13.0 Å². The van der Waals surface area contributed by atoms with Crippen molar-refractivity contribution in [2.75, 3.05) is 11.9 Å². The van der Waals surface area contributed by atoms with Gasteiger partial charge in [0.05, 0.1) is 5.69 Å². The molecule has 1 aromatic heterocycles. The lowest BCUT2D eigenvalue weighted by Gasteiger charge is -2.25. The first kappa shape index (κ1) is 9.54. The minimum absolute atomic E-state index is 0.515. The number of benzene rings is 1. The molecule has 0 aliphatic carbocycles. The second kappa shape index (κ2) is 3.05. The first-order chi connectivity index (χ1) is 8.25. The van der Waals surface area contributed by atoms with Gasteiger partial charge in [0.15, 0.2) is 0 Å². The molecule has 0 amide bonds. The molecule has 3 heteroatoms. The minimum Gasteiger partial charge on any atom is -0.356 e. The summed E-state index contributed by atoms with van der Waals surface area (Å²) in [6.45, 7) is 2.19. The molecule has 2 aliphatic heterocycles. The summed E-state index contributed by atoms with van der Waals surface area (Å²) in [5.74, 6) is 0. The van der Waals surface area contributed by atoms with Crippen LogP contribution in [0.1, 0.15) is 11.8 Å². The van der Waals surface area contributed by atoms with E-state index in [0.717, 1.165) is 6.42 Å².